The van der Waals surface area contributed by atoms with Crippen LogP contribution in [0.2, 0.25) is 0 Å². The summed E-state index contributed by atoms with van der Waals surface area (Å²) in [5.74, 6) is -1.01. The molecule has 0 radical (unpaired) electrons. The molecule has 5 N–H and O–H groups in total. The first-order chi connectivity index (χ1) is 22.0. The van der Waals surface area contributed by atoms with Crippen LogP contribution in [0, 0.1) is 5.92 Å². The fraction of sp³-hybridized carbons (Fsp3) is 0.472. The van der Waals surface area contributed by atoms with E-state index in [1.165, 1.54) is 0 Å². The Morgan fingerprint density at radius 1 is 0.957 bits per heavy atom. The topological polar surface area (TPSA) is 138 Å². The van der Waals surface area contributed by atoms with E-state index in [4.69, 9.17) is 0 Å². The van der Waals surface area contributed by atoms with Crippen LogP contribution in [0.1, 0.15) is 61.6 Å². The van der Waals surface area contributed by atoms with Crippen LogP contribution in [0.25, 0.3) is 0 Å². The SMILES string of the molecule is CC(C)(C)NC(=O)[C@@H]1CN(Cc2cccnc2)CCN1C[C@@H](O)C[C@@H](Cc1ccccc1)C(=O)NC1c2ccccc2[C@@H](O)[C@H]1O. The number of aromatic nitrogens is 1. The molecule has 0 bridgehead atoms. The van der Waals surface area contributed by atoms with Crippen molar-refractivity contribution in [2.45, 2.75) is 76.1 Å². The summed E-state index contributed by atoms with van der Waals surface area (Å²) in [6.07, 6.45) is 0.983. The largest absolute Gasteiger partial charge is 0.392 e. The van der Waals surface area contributed by atoms with Crippen LogP contribution in [0.5, 0.6) is 0 Å². The standard InChI is InChI=1S/C36H47N5O5/c1-36(2,3)39-35(46)30-23-40(21-25-12-9-15-37-20-25)16-17-41(30)22-27(42)19-26(18-24-10-5-4-6-11-24)34(45)38-31-28-13-7-8-14-29(28)32(43)33(31)44/h4-15,20,26-27,30-33,42-44H,16-19,21-23H2,1-3H3,(H,38,45)(H,39,46)/t26-,27+,30+,31?,32-,33+/m1/s1. The molecule has 5 rings (SSSR count). The summed E-state index contributed by atoms with van der Waals surface area (Å²) in [6, 6.07) is 19.5. The number of carbonyl (C=O) groups excluding carboxylic acids is 2. The molecule has 1 fully saturated rings. The second kappa shape index (κ2) is 14.8. The van der Waals surface area contributed by atoms with E-state index in [9.17, 15) is 24.9 Å². The van der Waals surface area contributed by atoms with E-state index in [-0.39, 0.29) is 24.8 Å². The number of hydrogen-bond donors (Lipinski definition) is 5. The molecule has 1 unspecified atom stereocenters. The van der Waals surface area contributed by atoms with Gasteiger partial charge in [-0.2, -0.15) is 0 Å². The number of nitrogens with zero attached hydrogens (tertiary/aromatic N) is 3. The number of rotatable bonds is 11. The molecular formula is C36H47N5O5. The zero-order chi connectivity index (χ0) is 32.8. The third-order valence-corrected chi connectivity index (χ3v) is 8.82. The molecule has 3 aromatic rings. The summed E-state index contributed by atoms with van der Waals surface area (Å²) >= 11 is 0. The third kappa shape index (κ3) is 8.57. The van der Waals surface area contributed by atoms with Crippen molar-refractivity contribution in [3.63, 3.8) is 0 Å². The Kier molecular flexibility index (Phi) is 10.9. The van der Waals surface area contributed by atoms with E-state index in [0.717, 1.165) is 17.7 Å². The highest BCUT2D eigenvalue weighted by Crippen LogP contribution is 2.39. The Morgan fingerprint density at radius 2 is 1.65 bits per heavy atom. The third-order valence-electron chi connectivity index (χ3n) is 8.82. The number of hydrogen-bond acceptors (Lipinski definition) is 8. The minimum atomic E-state index is -1.17. The Labute approximate surface area is 271 Å². The van der Waals surface area contributed by atoms with Gasteiger partial charge in [0.25, 0.3) is 0 Å². The van der Waals surface area contributed by atoms with Crippen LogP contribution < -0.4 is 10.6 Å². The molecule has 2 aromatic carbocycles. The van der Waals surface area contributed by atoms with Crippen molar-refractivity contribution in [1.82, 2.24) is 25.4 Å². The molecule has 2 heterocycles. The van der Waals surface area contributed by atoms with E-state index in [1.54, 1.807) is 24.4 Å². The molecule has 2 aliphatic rings. The second-order valence-corrected chi connectivity index (χ2v) is 13.7. The summed E-state index contributed by atoms with van der Waals surface area (Å²) in [7, 11) is 0. The number of carbonyl (C=O) groups is 2. The molecule has 46 heavy (non-hydrogen) atoms. The number of fused-ring (bicyclic) bond motifs is 1. The predicted molar refractivity (Wildman–Crippen MR) is 175 cm³/mol. The lowest BCUT2D eigenvalue weighted by molar-refractivity contribution is -0.132. The number of aliphatic hydroxyl groups is 3. The van der Waals surface area contributed by atoms with Crippen LogP contribution in [0.3, 0.4) is 0 Å². The van der Waals surface area contributed by atoms with Crippen LogP contribution in [-0.2, 0) is 22.6 Å². The molecule has 0 saturated carbocycles. The summed E-state index contributed by atoms with van der Waals surface area (Å²) in [5.41, 5.74) is 2.90. The molecule has 2 amide bonds. The number of β-amino-alcohol motifs (C(OH)–C–C–N with tert-alkyl or cyclic N) is 1. The molecule has 10 nitrogen and oxygen atoms in total. The molecular weight excluding hydrogens is 582 g/mol. The highest BCUT2D eigenvalue weighted by molar-refractivity contribution is 5.83. The Bertz CT molecular complexity index is 1450. The Morgan fingerprint density at radius 3 is 2.35 bits per heavy atom. The minimum Gasteiger partial charge on any atom is -0.392 e. The van der Waals surface area contributed by atoms with Gasteiger partial charge in [-0.3, -0.25) is 24.4 Å². The lowest BCUT2D eigenvalue weighted by Gasteiger charge is -2.42. The summed E-state index contributed by atoms with van der Waals surface area (Å²) < 4.78 is 0. The number of amides is 2. The molecule has 1 aliphatic heterocycles. The summed E-state index contributed by atoms with van der Waals surface area (Å²) in [5, 5.41) is 39.0. The van der Waals surface area contributed by atoms with Gasteiger partial charge in [0.05, 0.1) is 12.1 Å². The molecule has 1 saturated heterocycles. The number of benzene rings is 2. The van der Waals surface area contributed by atoms with Crippen LogP contribution in [0.15, 0.2) is 79.1 Å². The van der Waals surface area contributed by atoms with Gasteiger partial charge in [-0.15, -0.1) is 0 Å². The van der Waals surface area contributed by atoms with Crippen molar-refractivity contribution >= 4 is 11.8 Å². The monoisotopic (exact) mass is 629 g/mol. The first-order valence-corrected chi connectivity index (χ1v) is 16.1. The molecule has 1 aliphatic carbocycles. The zero-order valence-electron chi connectivity index (χ0n) is 26.9. The zero-order valence-corrected chi connectivity index (χ0v) is 26.9. The average molecular weight is 630 g/mol. The van der Waals surface area contributed by atoms with Gasteiger partial charge in [0.1, 0.15) is 18.2 Å². The quantitative estimate of drug-likeness (QED) is 0.218. The maximum atomic E-state index is 13.8. The number of nitrogens with one attached hydrogen (secondary N) is 2. The number of aliphatic hydroxyl groups excluding tert-OH is 3. The van der Waals surface area contributed by atoms with E-state index >= 15 is 0 Å². The van der Waals surface area contributed by atoms with Crippen LogP contribution in [0.4, 0.5) is 0 Å². The molecule has 0 spiro atoms. The van der Waals surface area contributed by atoms with Gasteiger partial charge in [-0.1, -0.05) is 60.7 Å². The van der Waals surface area contributed by atoms with Gasteiger partial charge < -0.3 is 26.0 Å². The second-order valence-electron chi connectivity index (χ2n) is 13.7. The van der Waals surface area contributed by atoms with E-state index in [0.29, 0.717) is 37.2 Å². The van der Waals surface area contributed by atoms with E-state index in [2.05, 4.69) is 20.5 Å². The van der Waals surface area contributed by atoms with Crippen molar-refractivity contribution < 1.29 is 24.9 Å². The summed E-state index contributed by atoms with van der Waals surface area (Å²) in [6.45, 7) is 8.55. The fourth-order valence-electron chi connectivity index (χ4n) is 6.59. The molecule has 1 aromatic heterocycles. The van der Waals surface area contributed by atoms with Gasteiger partial charge in [-0.05, 0) is 61.9 Å². The van der Waals surface area contributed by atoms with Gasteiger partial charge in [0.15, 0.2) is 0 Å². The van der Waals surface area contributed by atoms with Crippen molar-refractivity contribution in [1.29, 1.82) is 0 Å². The lowest BCUT2D eigenvalue weighted by Crippen LogP contribution is -2.61. The van der Waals surface area contributed by atoms with Crippen LogP contribution in [-0.4, -0.2) is 91.9 Å². The molecule has 6 atom stereocenters. The van der Waals surface area contributed by atoms with Gasteiger partial charge >= 0.3 is 0 Å². The highest BCUT2D eigenvalue weighted by atomic mass is 16.3. The van der Waals surface area contributed by atoms with Crippen LogP contribution >= 0.6 is 0 Å². The highest BCUT2D eigenvalue weighted by Gasteiger charge is 2.41. The first kappa shape index (κ1) is 33.7. The van der Waals surface area contributed by atoms with Gasteiger partial charge in [0.2, 0.25) is 11.8 Å². The smallest absolute Gasteiger partial charge is 0.239 e. The maximum absolute atomic E-state index is 13.8. The molecule has 246 valence electrons. The Balaban J connectivity index is 1.30. The fourth-order valence-corrected chi connectivity index (χ4v) is 6.59. The van der Waals surface area contributed by atoms with Crippen molar-refractivity contribution in [3.05, 3.63) is 101 Å². The minimum absolute atomic E-state index is 0.0957. The van der Waals surface area contributed by atoms with Crippen molar-refractivity contribution in [2.75, 3.05) is 26.2 Å². The first-order valence-electron chi connectivity index (χ1n) is 16.1. The van der Waals surface area contributed by atoms with Crippen molar-refractivity contribution in [2.24, 2.45) is 5.92 Å². The van der Waals surface area contributed by atoms with Crippen molar-refractivity contribution in [3.8, 4) is 0 Å². The maximum Gasteiger partial charge on any atom is 0.239 e. The van der Waals surface area contributed by atoms with Gasteiger partial charge in [0, 0.05) is 56.6 Å². The Hall–Kier alpha value is -3.67. The number of pyridine rings is 1. The van der Waals surface area contributed by atoms with E-state index in [1.807, 2.05) is 80.4 Å². The predicted octanol–water partition coefficient (Wildman–Crippen LogP) is 2.36. The number of piperazine rings is 1. The average Bonchev–Trinajstić information content (AvgIpc) is 3.26. The van der Waals surface area contributed by atoms with E-state index < -0.39 is 41.9 Å². The lowest BCUT2D eigenvalue weighted by atomic mass is 9.91. The van der Waals surface area contributed by atoms with Gasteiger partial charge in [-0.25, -0.2) is 0 Å². The normalized spacial score (nSPS) is 23.3. The molecule has 10 heteroatoms. The summed E-state index contributed by atoms with van der Waals surface area (Å²) in [4.78, 5) is 35.9.